The maximum absolute atomic E-state index is 12.0. The minimum atomic E-state index is -3.34. The molecule has 1 fully saturated rings. The number of nitrogens with zero attached hydrogens (tertiary/aromatic N) is 1. The molecule has 1 aliphatic heterocycles. The number of ether oxygens (including phenoxy) is 1. The lowest BCUT2D eigenvalue weighted by atomic mass is 10.2. The van der Waals surface area contributed by atoms with E-state index >= 15 is 0 Å². The molecule has 0 aromatic rings. The van der Waals surface area contributed by atoms with Crippen molar-refractivity contribution in [3.63, 3.8) is 0 Å². The molecule has 1 aliphatic rings. The Labute approximate surface area is 102 Å². The van der Waals surface area contributed by atoms with Gasteiger partial charge >= 0.3 is 5.97 Å². The molecule has 0 aliphatic carbocycles. The van der Waals surface area contributed by atoms with Gasteiger partial charge in [0.05, 0.1) is 12.2 Å². The minimum Gasteiger partial charge on any atom is -0.481 e. The summed E-state index contributed by atoms with van der Waals surface area (Å²) in [6.07, 6.45) is 1.70. The highest BCUT2D eigenvalue weighted by Crippen LogP contribution is 2.24. The largest absolute Gasteiger partial charge is 0.481 e. The summed E-state index contributed by atoms with van der Waals surface area (Å²) >= 11 is 0. The van der Waals surface area contributed by atoms with E-state index in [-0.39, 0.29) is 18.2 Å². The molecule has 0 bridgehead atoms. The predicted octanol–water partition coefficient (Wildman–Crippen LogP) is 0.292. The normalized spacial score (nSPS) is 21.8. The fraction of sp³-hybridized carbons (Fsp3) is 0.900. The van der Waals surface area contributed by atoms with Crippen molar-refractivity contribution in [1.29, 1.82) is 0 Å². The highest BCUT2D eigenvalue weighted by atomic mass is 32.2. The Morgan fingerprint density at radius 1 is 1.53 bits per heavy atom. The Morgan fingerprint density at radius 3 is 2.82 bits per heavy atom. The molecular formula is C10H19NO5S. The molecule has 0 radical (unpaired) electrons. The van der Waals surface area contributed by atoms with Crippen molar-refractivity contribution in [2.75, 3.05) is 26.0 Å². The van der Waals surface area contributed by atoms with Gasteiger partial charge < -0.3 is 9.84 Å². The molecule has 17 heavy (non-hydrogen) atoms. The van der Waals surface area contributed by atoms with Crippen molar-refractivity contribution >= 4 is 16.0 Å². The molecule has 1 atom stereocenters. The maximum atomic E-state index is 12.0. The third-order valence-corrected chi connectivity index (χ3v) is 4.84. The average Bonchev–Trinajstić information content (AvgIpc) is 2.65. The molecule has 0 amide bonds. The van der Waals surface area contributed by atoms with E-state index in [1.807, 2.05) is 0 Å². The third-order valence-electron chi connectivity index (χ3n) is 2.84. The van der Waals surface area contributed by atoms with Crippen LogP contribution in [0.4, 0.5) is 0 Å². The number of carboxylic acid groups (broad SMARTS) is 1. The van der Waals surface area contributed by atoms with Crippen molar-refractivity contribution in [2.45, 2.75) is 31.7 Å². The second kappa shape index (κ2) is 6.32. The molecule has 6 nitrogen and oxygen atoms in total. The van der Waals surface area contributed by atoms with Gasteiger partial charge in [0.15, 0.2) is 0 Å². The van der Waals surface area contributed by atoms with Crippen molar-refractivity contribution in [2.24, 2.45) is 0 Å². The smallest absolute Gasteiger partial charge is 0.304 e. The molecule has 1 rings (SSSR count). The van der Waals surface area contributed by atoms with E-state index < -0.39 is 16.0 Å². The van der Waals surface area contributed by atoms with Gasteiger partial charge in [-0.1, -0.05) is 0 Å². The lowest BCUT2D eigenvalue weighted by molar-refractivity contribution is -0.137. The number of rotatable bonds is 7. The summed E-state index contributed by atoms with van der Waals surface area (Å²) < 4.78 is 30.1. The maximum Gasteiger partial charge on any atom is 0.304 e. The zero-order valence-electron chi connectivity index (χ0n) is 9.96. The van der Waals surface area contributed by atoms with Gasteiger partial charge in [-0.2, -0.15) is 4.31 Å². The van der Waals surface area contributed by atoms with E-state index in [9.17, 15) is 13.2 Å². The average molecular weight is 265 g/mol. The van der Waals surface area contributed by atoms with E-state index in [1.54, 1.807) is 0 Å². The monoisotopic (exact) mass is 265 g/mol. The molecule has 0 saturated carbocycles. The number of hydrogen-bond acceptors (Lipinski definition) is 4. The third kappa shape index (κ3) is 4.25. The van der Waals surface area contributed by atoms with Crippen molar-refractivity contribution in [3.8, 4) is 0 Å². The zero-order chi connectivity index (χ0) is 12.9. The van der Waals surface area contributed by atoms with Crippen LogP contribution in [0.25, 0.3) is 0 Å². The van der Waals surface area contributed by atoms with Gasteiger partial charge in [-0.05, 0) is 19.3 Å². The van der Waals surface area contributed by atoms with Crippen molar-refractivity contribution < 1.29 is 23.1 Å². The number of aliphatic carboxylic acids is 1. The van der Waals surface area contributed by atoms with Crippen LogP contribution in [0.3, 0.4) is 0 Å². The second-order valence-corrected chi connectivity index (χ2v) is 6.21. The SMILES string of the molecule is COCCCS(=O)(=O)N1CCCC1CC(=O)O. The van der Waals surface area contributed by atoms with E-state index in [4.69, 9.17) is 9.84 Å². The van der Waals surface area contributed by atoms with Crippen LogP contribution in [0.2, 0.25) is 0 Å². The Morgan fingerprint density at radius 2 is 2.24 bits per heavy atom. The summed E-state index contributed by atoms with van der Waals surface area (Å²) in [5.74, 6) is -0.925. The van der Waals surface area contributed by atoms with Crippen LogP contribution in [-0.2, 0) is 19.6 Å². The molecule has 0 spiro atoms. The molecule has 7 heteroatoms. The standard InChI is InChI=1S/C10H19NO5S/c1-16-6-3-7-17(14,15)11-5-2-4-9(11)8-10(12)13/h9H,2-8H2,1H3,(H,12,13). The van der Waals surface area contributed by atoms with E-state index in [1.165, 1.54) is 11.4 Å². The fourth-order valence-corrected chi connectivity index (χ4v) is 3.84. The summed E-state index contributed by atoms with van der Waals surface area (Å²) in [7, 11) is -1.81. The highest BCUT2D eigenvalue weighted by molar-refractivity contribution is 7.89. The van der Waals surface area contributed by atoms with Crippen molar-refractivity contribution in [1.82, 2.24) is 4.31 Å². The molecule has 1 unspecified atom stereocenters. The number of carbonyl (C=O) groups is 1. The first kappa shape index (κ1) is 14.4. The number of hydrogen-bond donors (Lipinski definition) is 1. The van der Waals surface area contributed by atoms with Gasteiger partial charge in [0.25, 0.3) is 0 Å². The van der Waals surface area contributed by atoms with Gasteiger partial charge in [-0.3, -0.25) is 4.79 Å². The van der Waals surface area contributed by atoms with Crippen LogP contribution in [0.1, 0.15) is 25.7 Å². The second-order valence-electron chi connectivity index (χ2n) is 4.17. The molecule has 1 N–H and O–H groups in total. The first-order valence-electron chi connectivity index (χ1n) is 5.67. The molecule has 1 saturated heterocycles. The van der Waals surface area contributed by atoms with Crippen molar-refractivity contribution in [3.05, 3.63) is 0 Å². The quantitative estimate of drug-likeness (QED) is 0.669. The van der Waals surface area contributed by atoms with Crippen LogP contribution in [0.5, 0.6) is 0 Å². The summed E-state index contributed by atoms with van der Waals surface area (Å²) in [5, 5.41) is 8.73. The predicted molar refractivity (Wildman–Crippen MR) is 62.3 cm³/mol. The Hall–Kier alpha value is -0.660. The Bertz CT molecular complexity index is 354. The molecule has 100 valence electrons. The summed E-state index contributed by atoms with van der Waals surface area (Å²) in [5.41, 5.74) is 0. The Balaban J connectivity index is 2.59. The van der Waals surface area contributed by atoms with Crippen LogP contribution in [0, 0.1) is 0 Å². The van der Waals surface area contributed by atoms with Gasteiger partial charge in [-0.15, -0.1) is 0 Å². The van der Waals surface area contributed by atoms with Crippen LogP contribution in [-0.4, -0.2) is 55.9 Å². The first-order valence-corrected chi connectivity index (χ1v) is 7.28. The van der Waals surface area contributed by atoms with Gasteiger partial charge in [0.2, 0.25) is 10.0 Å². The van der Waals surface area contributed by atoms with Gasteiger partial charge in [0, 0.05) is 26.3 Å². The summed E-state index contributed by atoms with van der Waals surface area (Å²) in [6, 6.07) is -0.375. The number of methoxy groups -OCH3 is 1. The lowest BCUT2D eigenvalue weighted by Crippen LogP contribution is -2.38. The highest BCUT2D eigenvalue weighted by Gasteiger charge is 2.34. The topological polar surface area (TPSA) is 83.9 Å². The van der Waals surface area contributed by atoms with Crippen LogP contribution >= 0.6 is 0 Å². The van der Waals surface area contributed by atoms with Crippen LogP contribution < -0.4 is 0 Å². The van der Waals surface area contributed by atoms with E-state index in [2.05, 4.69) is 0 Å². The number of carboxylic acids is 1. The van der Waals surface area contributed by atoms with Gasteiger partial charge in [0.1, 0.15) is 0 Å². The zero-order valence-corrected chi connectivity index (χ0v) is 10.8. The first-order chi connectivity index (χ1) is 7.97. The van der Waals surface area contributed by atoms with Gasteiger partial charge in [-0.25, -0.2) is 8.42 Å². The van der Waals surface area contributed by atoms with E-state index in [0.717, 1.165) is 6.42 Å². The lowest BCUT2D eigenvalue weighted by Gasteiger charge is -2.22. The molecular weight excluding hydrogens is 246 g/mol. The molecule has 1 heterocycles. The fourth-order valence-electron chi connectivity index (χ4n) is 2.08. The number of sulfonamides is 1. The summed E-state index contributed by atoms with van der Waals surface area (Å²) in [6.45, 7) is 0.837. The summed E-state index contributed by atoms with van der Waals surface area (Å²) in [4.78, 5) is 10.6. The van der Waals surface area contributed by atoms with E-state index in [0.29, 0.717) is 26.0 Å². The van der Waals surface area contributed by atoms with Crippen LogP contribution in [0.15, 0.2) is 0 Å². The minimum absolute atomic E-state index is 0.0248. The molecule has 0 aromatic heterocycles. The molecule has 0 aromatic carbocycles. The Kier molecular flexibility index (Phi) is 5.35.